The van der Waals surface area contributed by atoms with Gasteiger partial charge in [0.1, 0.15) is 0 Å². The van der Waals surface area contributed by atoms with Gasteiger partial charge in [-0.2, -0.15) is 0 Å². The lowest BCUT2D eigenvalue weighted by Gasteiger charge is -1.95. The molecule has 0 spiro atoms. The normalized spacial score (nSPS) is 16.3. The monoisotopic (exact) mass is 183 g/mol. The van der Waals surface area contributed by atoms with E-state index in [1.54, 1.807) is 6.20 Å². The lowest BCUT2D eigenvalue weighted by atomic mass is 10.1. The summed E-state index contributed by atoms with van der Waals surface area (Å²) >= 11 is 1.45. The van der Waals surface area contributed by atoms with Crippen molar-refractivity contribution >= 4 is 17.5 Å². The number of aliphatic carboxylic acids is 1. The smallest absolute Gasteiger partial charge is 0.307 e. The first-order valence-electron chi connectivity index (χ1n) is 3.92. The zero-order chi connectivity index (χ0) is 8.55. The third-order valence-electron chi connectivity index (χ3n) is 1.97. The molecular weight excluding hydrogens is 174 g/mol. The number of carboxylic acids is 1. The number of hydrogen-bond donors (Lipinski definition) is 1. The van der Waals surface area contributed by atoms with Gasteiger partial charge in [0.2, 0.25) is 0 Å². The van der Waals surface area contributed by atoms with Gasteiger partial charge in [0.05, 0.1) is 6.42 Å². The van der Waals surface area contributed by atoms with Crippen LogP contribution in [0.1, 0.15) is 29.2 Å². The molecule has 1 aromatic rings. The molecule has 0 aromatic carbocycles. The van der Waals surface area contributed by atoms with Crippen molar-refractivity contribution in [2.75, 3.05) is 0 Å². The van der Waals surface area contributed by atoms with Crippen LogP contribution in [0.4, 0.5) is 0 Å². The molecule has 3 nitrogen and oxygen atoms in total. The number of carbonyl (C=O) groups is 1. The van der Waals surface area contributed by atoms with Gasteiger partial charge in [0, 0.05) is 11.1 Å². The van der Waals surface area contributed by atoms with E-state index in [1.165, 1.54) is 29.3 Å². The molecule has 1 N–H and O–H groups in total. The first kappa shape index (κ1) is 7.73. The maximum atomic E-state index is 10.4. The minimum atomic E-state index is -0.767. The third-order valence-corrected chi connectivity index (χ3v) is 2.97. The van der Waals surface area contributed by atoms with Crippen LogP contribution in [-0.4, -0.2) is 15.4 Å². The van der Waals surface area contributed by atoms with Crippen LogP contribution < -0.4 is 0 Å². The maximum absolute atomic E-state index is 10.4. The van der Waals surface area contributed by atoms with Gasteiger partial charge in [0.25, 0.3) is 0 Å². The molecule has 0 saturated heterocycles. The van der Waals surface area contributed by atoms with Gasteiger partial charge in [-0.3, -0.25) is 4.79 Å². The van der Waals surface area contributed by atoms with E-state index in [9.17, 15) is 4.79 Å². The van der Waals surface area contributed by atoms with Crippen LogP contribution in [0, 0.1) is 0 Å². The van der Waals surface area contributed by atoms with Crippen LogP contribution in [0.5, 0.6) is 0 Å². The Morgan fingerprint density at radius 2 is 2.50 bits per heavy atom. The van der Waals surface area contributed by atoms with Crippen molar-refractivity contribution < 1.29 is 9.90 Å². The summed E-state index contributed by atoms with van der Waals surface area (Å²) in [6.07, 6.45) is 4.22. The Balaban J connectivity index is 2.18. The lowest BCUT2D eigenvalue weighted by Crippen LogP contribution is -2.00. The van der Waals surface area contributed by atoms with E-state index < -0.39 is 5.97 Å². The van der Waals surface area contributed by atoms with Gasteiger partial charge < -0.3 is 5.11 Å². The number of carboxylic acid groups (broad SMARTS) is 1. The quantitative estimate of drug-likeness (QED) is 0.775. The average molecular weight is 183 g/mol. The van der Waals surface area contributed by atoms with Gasteiger partial charge >= 0.3 is 5.97 Å². The standard InChI is InChI=1S/C8H9NO2S/c10-7(11)3-6-4-9-12-8(6)5-1-2-5/h4-5H,1-3H2,(H,10,11). The predicted molar refractivity (Wildman–Crippen MR) is 45.4 cm³/mol. The third kappa shape index (κ3) is 1.48. The first-order chi connectivity index (χ1) is 5.77. The van der Waals surface area contributed by atoms with Gasteiger partial charge in [-0.25, -0.2) is 4.37 Å². The molecule has 1 aromatic heterocycles. The number of nitrogens with zero attached hydrogens (tertiary/aromatic N) is 1. The molecule has 1 aliphatic rings. The second-order valence-electron chi connectivity index (χ2n) is 3.06. The molecule has 64 valence electrons. The molecule has 1 saturated carbocycles. The maximum Gasteiger partial charge on any atom is 0.307 e. The van der Waals surface area contributed by atoms with Crippen LogP contribution in [0.15, 0.2) is 6.20 Å². The average Bonchev–Trinajstić information content (AvgIpc) is 2.73. The Morgan fingerprint density at radius 1 is 1.75 bits per heavy atom. The van der Waals surface area contributed by atoms with E-state index in [4.69, 9.17) is 5.11 Å². The topological polar surface area (TPSA) is 50.2 Å². The minimum Gasteiger partial charge on any atom is -0.481 e. The summed E-state index contributed by atoms with van der Waals surface area (Å²) in [5.74, 6) is -0.149. The Bertz CT molecular complexity index is 304. The molecule has 1 heterocycles. The highest BCUT2D eigenvalue weighted by Crippen LogP contribution is 2.43. The molecule has 0 bridgehead atoms. The SMILES string of the molecule is O=C(O)Cc1cnsc1C1CC1. The van der Waals surface area contributed by atoms with E-state index in [0.29, 0.717) is 5.92 Å². The molecule has 4 heteroatoms. The van der Waals surface area contributed by atoms with E-state index in [-0.39, 0.29) is 6.42 Å². The highest BCUT2D eigenvalue weighted by molar-refractivity contribution is 7.06. The summed E-state index contributed by atoms with van der Waals surface area (Å²) in [5.41, 5.74) is 0.912. The van der Waals surface area contributed by atoms with Crippen LogP contribution in [0.3, 0.4) is 0 Å². The zero-order valence-corrected chi connectivity index (χ0v) is 7.30. The van der Waals surface area contributed by atoms with Gasteiger partial charge in [-0.1, -0.05) is 0 Å². The summed E-state index contributed by atoms with van der Waals surface area (Å²) in [5, 5.41) is 8.59. The largest absolute Gasteiger partial charge is 0.481 e. The molecule has 0 radical (unpaired) electrons. The van der Waals surface area contributed by atoms with Crippen molar-refractivity contribution in [3.63, 3.8) is 0 Å². The molecule has 0 amide bonds. The molecular formula is C8H9NO2S. The van der Waals surface area contributed by atoms with Crippen LogP contribution in [0.25, 0.3) is 0 Å². The summed E-state index contributed by atoms with van der Waals surface area (Å²) < 4.78 is 4.01. The van der Waals surface area contributed by atoms with Crippen molar-refractivity contribution in [2.24, 2.45) is 0 Å². The summed E-state index contributed by atoms with van der Waals surface area (Å²) in [7, 11) is 0. The van der Waals surface area contributed by atoms with Crippen molar-refractivity contribution in [2.45, 2.75) is 25.2 Å². The van der Waals surface area contributed by atoms with Crippen molar-refractivity contribution in [1.82, 2.24) is 4.37 Å². The van der Waals surface area contributed by atoms with Crippen LogP contribution >= 0.6 is 11.5 Å². The van der Waals surface area contributed by atoms with Crippen molar-refractivity contribution in [1.29, 1.82) is 0 Å². The van der Waals surface area contributed by atoms with Gasteiger partial charge in [-0.15, -0.1) is 0 Å². The fourth-order valence-corrected chi connectivity index (χ4v) is 2.17. The number of hydrogen-bond acceptors (Lipinski definition) is 3. The molecule has 2 rings (SSSR count). The van der Waals surface area contributed by atoms with E-state index in [0.717, 1.165) is 5.56 Å². The van der Waals surface area contributed by atoms with E-state index in [2.05, 4.69) is 4.37 Å². The second kappa shape index (κ2) is 2.86. The molecule has 0 aliphatic heterocycles. The van der Waals surface area contributed by atoms with E-state index in [1.807, 2.05) is 0 Å². The Hall–Kier alpha value is -0.900. The Morgan fingerprint density at radius 3 is 3.08 bits per heavy atom. The predicted octanol–water partition coefficient (Wildman–Crippen LogP) is 1.65. The highest BCUT2D eigenvalue weighted by atomic mass is 32.1. The zero-order valence-electron chi connectivity index (χ0n) is 6.49. The lowest BCUT2D eigenvalue weighted by molar-refractivity contribution is -0.136. The van der Waals surface area contributed by atoms with Crippen molar-refractivity contribution in [3.05, 3.63) is 16.6 Å². The number of rotatable bonds is 3. The van der Waals surface area contributed by atoms with E-state index >= 15 is 0 Å². The first-order valence-corrected chi connectivity index (χ1v) is 4.70. The molecule has 0 unspecified atom stereocenters. The molecule has 12 heavy (non-hydrogen) atoms. The van der Waals surface area contributed by atoms with Gasteiger partial charge in [-0.05, 0) is 35.9 Å². The summed E-state index contributed by atoms with van der Waals surface area (Å²) in [6.45, 7) is 0. The summed E-state index contributed by atoms with van der Waals surface area (Å²) in [4.78, 5) is 11.6. The van der Waals surface area contributed by atoms with Crippen LogP contribution in [0.2, 0.25) is 0 Å². The molecule has 1 aliphatic carbocycles. The van der Waals surface area contributed by atoms with Crippen LogP contribution in [-0.2, 0) is 11.2 Å². The number of aromatic nitrogens is 1. The highest BCUT2D eigenvalue weighted by Gasteiger charge is 2.28. The van der Waals surface area contributed by atoms with Crippen molar-refractivity contribution in [3.8, 4) is 0 Å². The van der Waals surface area contributed by atoms with Gasteiger partial charge in [0.15, 0.2) is 0 Å². The summed E-state index contributed by atoms with van der Waals surface area (Å²) in [6, 6.07) is 0. The minimum absolute atomic E-state index is 0.127. The Labute approximate surface area is 74.2 Å². The Kier molecular flexibility index (Phi) is 1.84. The molecule has 0 atom stereocenters. The fourth-order valence-electron chi connectivity index (χ4n) is 1.25. The second-order valence-corrected chi connectivity index (χ2v) is 3.89. The molecule has 1 fully saturated rings. The fraction of sp³-hybridized carbons (Fsp3) is 0.500.